The molecule has 0 fully saturated rings. The normalized spacial score (nSPS) is 11.7. The molecule has 1 aliphatic rings. The van der Waals surface area contributed by atoms with Gasteiger partial charge in [-0.05, 0) is 47.5 Å². The Hall–Kier alpha value is -2.67. The first-order valence-electron chi connectivity index (χ1n) is 9.45. The van der Waals surface area contributed by atoms with E-state index in [1.165, 1.54) is 12.1 Å². The molecule has 3 aromatic carbocycles. The molecule has 5 nitrogen and oxygen atoms in total. The number of halogens is 3. The number of benzene rings is 3. The lowest BCUT2D eigenvalue weighted by Gasteiger charge is -2.13. The summed E-state index contributed by atoms with van der Waals surface area (Å²) in [4.78, 5) is 0. The van der Waals surface area contributed by atoms with Gasteiger partial charge in [0.05, 0.1) is 12.1 Å². The van der Waals surface area contributed by atoms with Crippen LogP contribution in [0.2, 0.25) is 5.02 Å². The van der Waals surface area contributed by atoms with Crippen molar-refractivity contribution in [3.8, 4) is 23.0 Å². The van der Waals surface area contributed by atoms with Crippen LogP contribution in [0.25, 0.3) is 0 Å². The Labute approximate surface area is 191 Å². The summed E-state index contributed by atoms with van der Waals surface area (Å²) in [7, 11) is 1.59. The highest BCUT2D eigenvalue weighted by Crippen LogP contribution is 2.33. The molecule has 164 valence electrons. The topological polar surface area (TPSA) is 49.0 Å². The summed E-state index contributed by atoms with van der Waals surface area (Å²) in [6, 6.07) is 15.9. The van der Waals surface area contributed by atoms with Crippen molar-refractivity contribution in [3.05, 3.63) is 82.1 Å². The third kappa shape index (κ3) is 5.73. The lowest BCUT2D eigenvalue weighted by Crippen LogP contribution is -2.12. The maximum Gasteiger partial charge on any atom is 0.231 e. The van der Waals surface area contributed by atoms with Gasteiger partial charge in [0.1, 0.15) is 12.4 Å². The molecular weight excluding hydrogens is 444 g/mol. The largest absolute Gasteiger partial charge is 0.493 e. The monoisotopic (exact) mass is 465 g/mol. The lowest BCUT2D eigenvalue weighted by molar-refractivity contribution is 0.174. The zero-order chi connectivity index (χ0) is 20.9. The van der Waals surface area contributed by atoms with E-state index in [4.69, 9.17) is 30.5 Å². The van der Waals surface area contributed by atoms with E-state index < -0.39 is 0 Å². The molecule has 4 rings (SSSR count). The highest BCUT2D eigenvalue weighted by molar-refractivity contribution is 6.31. The van der Waals surface area contributed by atoms with Crippen molar-refractivity contribution in [2.75, 3.05) is 13.9 Å². The molecule has 3 aromatic rings. The lowest BCUT2D eigenvalue weighted by atomic mass is 10.1. The Morgan fingerprint density at radius 3 is 2.45 bits per heavy atom. The first-order valence-corrected chi connectivity index (χ1v) is 9.83. The van der Waals surface area contributed by atoms with Crippen LogP contribution in [0, 0.1) is 5.82 Å². The quantitative estimate of drug-likeness (QED) is 0.475. The first kappa shape index (κ1) is 23.0. The Morgan fingerprint density at radius 1 is 0.935 bits per heavy atom. The molecule has 8 heteroatoms. The zero-order valence-corrected chi connectivity index (χ0v) is 18.4. The van der Waals surface area contributed by atoms with Gasteiger partial charge in [0, 0.05) is 18.7 Å². The Bertz CT molecular complexity index is 1050. The number of fused-ring (bicyclic) bond motifs is 1. The smallest absolute Gasteiger partial charge is 0.231 e. The second-order valence-electron chi connectivity index (χ2n) is 6.80. The molecule has 1 N–H and O–H groups in total. The number of ether oxygens (including phenoxy) is 4. The van der Waals surface area contributed by atoms with Crippen molar-refractivity contribution < 1.29 is 23.3 Å². The molecule has 1 heterocycles. The molecule has 31 heavy (non-hydrogen) atoms. The third-order valence-corrected chi connectivity index (χ3v) is 5.07. The van der Waals surface area contributed by atoms with Crippen LogP contribution in [0.4, 0.5) is 4.39 Å². The van der Waals surface area contributed by atoms with E-state index in [0.29, 0.717) is 35.2 Å². The molecule has 0 saturated heterocycles. The van der Waals surface area contributed by atoms with Gasteiger partial charge in [-0.2, -0.15) is 0 Å². The van der Waals surface area contributed by atoms with E-state index in [2.05, 4.69) is 5.32 Å². The maximum atomic E-state index is 13.2. The van der Waals surface area contributed by atoms with Crippen LogP contribution in [0.15, 0.2) is 54.6 Å². The van der Waals surface area contributed by atoms with Crippen LogP contribution in [0.5, 0.6) is 23.0 Å². The fourth-order valence-electron chi connectivity index (χ4n) is 3.14. The molecule has 0 aliphatic carbocycles. The number of nitrogens with one attached hydrogen (secondary N) is 1. The molecule has 0 radical (unpaired) electrons. The van der Waals surface area contributed by atoms with Gasteiger partial charge in [0.25, 0.3) is 0 Å². The van der Waals surface area contributed by atoms with Gasteiger partial charge >= 0.3 is 0 Å². The van der Waals surface area contributed by atoms with E-state index in [9.17, 15) is 4.39 Å². The molecule has 0 spiro atoms. The Kier molecular flexibility index (Phi) is 7.85. The number of rotatable bonds is 8. The molecule has 0 aromatic heterocycles. The van der Waals surface area contributed by atoms with E-state index in [-0.39, 0.29) is 31.6 Å². The predicted molar refractivity (Wildman–Crippen MR) is 119 cm³/mol. The molecule has 0 unspecified atom stereocenters. The summed E-state index contributed by atoms with van der Waals surface area (Å²) in [5.41, 5.74) is 2.87. The summed E-state index contributed by atoms with van der Waals surface area (Å²) < 4.78 is 35.2. The third-order valence-electron chi connectivity index (χ3n) is 4.72. The molecule has 0 atom stereocenters. The van der Waals surface area contributed by atoms with Gasteiger partial charge in [-0.15, -0.1) is 12.4 Å². The van der Waals surface area contributed by atoms with Gasteiger partial charge in [-0.3, -0.25) is 0 Å². The van der Waals surface area contributed by atoms with Crippen molar-refractivity contribution in [1.29, 1.82) is 0 Å². The van der Waals surface area contributed by atoms with E-state index in [0.717, 1.165) is 22.6 Å². The van der Waals surface area contributed by atoms with Crippen molar-refractivity contribution in [3.63, 3.8) is 0 Å². The summed E-state index contributed by atoms with van der Waals surface area (Å²) in [6.07, 6.45) is 0. The highest BCUT2D eigenvalue weighted by atomic mass is 35.5. The first-order chi connectivity index (χ1) is 14.6. The summed E-state index contributed by atoms with van der Waals surface area (Å²) in [5, 5.41) is 3.74. The van der Waals surface area contributed by atoms with E-state index >= 15 is 0 Å². The predicted octanol–water partition coefficient (Wildman–Crippen LogP) is 5.51. The van der Waals surface area contributed by atoms with Crippen LogP contribution in [-0.2, 0) is 19.7 Å². The number of hydrogen-bond acceptors (Lipinski definition) is 5. The fourth-order valence-corrected chi connectivity index (χ4v) is 3.36. The number of methoxy groups -OCH3 is 1. The van der Waals surface area contributed by atoms with Gasteiger partial charge in [0.15, 0.2) is 23.0 Å². The van der Waals surface area contributed by atoms with E-state index in [1.54, 1.807) is 13.2 Å². The fraction of sp³-hybridized carbons (Fsp3) is 0.217. The van der Waals surface area contributed by atoms with E-state index in [1.807, 2.05) is 36.4 Å². The van der Waals surface area contributed by atoms with Gasteiger partial charge < -0.3 is 24.3 Å². The summed E-state index contributed by atoms with van der Waals surface area (Å²) in [5.74, 6) is 2.40. The molecule has 0 bridgehead atoms. The van der Waals surface area contributed by atoms with Gasteiger partial charge in [-0.25, -0.2) is 4.39 Å². The van der Waals surface area contributed by atoms with Crippen LogP contribution in [-0.4, -0.2) is 13.9 Å². The molecule has 1 aliphatic heterocycles. The van der Waals surface area contributed by atoms with Gasteiger partial charge in [-0.1, -0.05) is 29.8 Å². The highest BCUT2D eigenvalue weighted by Gasteiger charge is 2.13. The molecule has 0 saturated carbocycles. The van der Waals surface area contributed by atoms with Crippen LogP contribution in [0.3, 0.4) is 0 Å². The standard InChI is InChI=1S/C23H21ClFNO4.ClH/c1-27-22-8-15(11-26-12-16-3-7-21-23(9-16)30-14-29-21)2-6-20(22)28-13-17-4-5-18(25)10-19(17)24;/h2-10,26H,11-14H2,1H3;1H. The summed E-state index contributed by atoms with van der Waals surface area (Å²) in [6.45, 7) is 1.85. The van der Waals surface area contributed by atoms with Crippen LogP contribution in [0.1, 0.15) is 16.7 Å². The van der Waals surface area contributed by atoms with Crippen molar-refractivity contribution in [2.45, 2.75) is 19.7 Å². The second kappa shape index (κ2) is 10.6. The molecular formula is C23H22Cl2FNO4. The minimum absolute atomic E-state index is 0. The zero-order valence-electron chi connectivity index (χ0n) is 16.8. The van der Waals surface area contributed by atoms with Crippen molar-refractivity contribution in [1.82, 2.24) is 5.32 Å². The molecule has 0 amide bonds. The minimum Gasteiger partial charge on any atom is -0.493 e. The Morgan fingerprint density at radius 2 is 1.68 bits per heavy atom. The second-order valence-corrected chi connectivity index (χ2v) is 7.21. The van der Waals surface area contributed by atoms with Crippen molar-refractivity contribution in [2.24, 2.45) is 0 Å². The maximum absolute atomic E-state index is 13.2. The SMILES string of the molecule is COc1cc(CNCc2ccc3c(c2)OCO3)ccc1OCc1ccc(F)cc1Cl.Cl. The average Bonchev–Trinajstić information content (AvgIpc) is 3.21. The van der Waals surface area contributed by atoms with Crippen LogP contribution < -0.4 is 24.3 Å². The van der Waals surface area contributed by atoms with Crippen molar-refractivity contribution >= 4 is 24.0 Å². The van der Waals surface area contributed by atoms with Crippen LogP contribution >= 0.6 is 24.0 Å². The number of hydrogen-bond donors (Lipinski definition) is 1. The Balaban J connectivity index is 0.00000272. The van der Waals surface area contributed by atoms with Gasteiger partial charge in [0.2, 0.25) is 6.79 Å². The average molecular weight is 466 g/mol. The summed E-state index contributed by atoms with van der Waals surface area (Å²) >= 11 is 6.06. The minimum atomic E-state index is -0.376.